The topological polar surface area (TPSA) is 98.1 Å². The lowest BCUT2D eigenvalue weighted by molar-refractivity contribution is 0.0944. The number of carbonyl (C=O) groups excluding carboxylic acids is 1. The van der Waals surface area contributed by atoms with E-state index < -0.39 is 21.3 Å². The predicted molar refractivity (Wildman–Crippen MR) is 123 cm³/mol. The molecule has 0 spiro atoms. The maximum Gasteiger partial charge on any atom is 0.287 e. The molecule has 4 rings (SSSR count). The van der Waals surface area contributed by atoms with Crippen molar-refractivity contribution in [1.82, 2.24) is 14.9 Å². The Kier molecular flexibility index (Phi) is 5.63. The first-order valence-electron chi connectivity index (χ1n) is 9.90. The third kappa shape index (κ3) is 4.31. The normalized spacial score (nSPS) is 11.4. The molecule has 7 nitrogen and oxygen atoms in total. The van der Waals surface area contributed by atoms with Gasteiger partial charge in [0.1, 0.15) is 0 Å². The summed E-state index contributed by atoms with van der Waals surface area (Å²) in [5.41, 5.74) is 2.74. The van der Waals surface area contributed by atoms with E-state index in [0.717, 1.165) is 11.8 Å². The Balaban J connectivity index is 1.69. The van der Waals surface area contributed by atoms with E-state index in [1.807, 2.05) is 37.3 Å². The van der Waals surface area contributed by atoms with Crippen LogP contribution in [-0.2, 0) is 16.4 Å². The maximum atomic E-state index is 13.3. The van der Waals surface area contributed by atoms with Crippen LogP contribution >= 0.6 is 0 Å². The fourth-order valence-electron chi connectivity index (χ4n) is 3.42. The second-order valence-electron chi connectivity index (χ2n) is 7.53. The van der Waals surface area contributed by atoms with Crippen LogP contribution in [-0.4, -0.2) is 30.1 Å². The molecular weight excluding hydrogens is 426 g/mol. The van der Waals surface area contributed by atoms with Gasteiger partial charge >= 0.3 is 0 Å². The summed E-state index contributed by atoms with van der Waals surface area (Å²) in [5.74, 6) is -0.602. The summed E-state index contributed by atoms with van der Waals surface area (Å²) in [6.07, 6.45) is 1.13. The molecule has 1 heterocycles. The van der Waals surface area contributed by atoms with Gasteiger partial charge in [0.05, 0.1) is 15.9 Å². The van der Waals surface area contributed by atoms with Gasteiger partial charge in [0.15, 0.2) is 15.5 Å². The summed E-state index contributed by atoms with van der Waals surface area (Å²) >= 11 is 0. The molecule has 0 atom stereocenters. The Hall–Kier alpha value is -3.78. The fraction of sp³-hybridized carbons (Fsp3) is 0.125. The third-order valence-electron chi connectivity index (χ3n) is 5.04. The van der Waals surface area contributed by atoms with Crippen molar-refractivity contribution in [1.29, 1.82) is 0 Å². The van der Waals surface area contributed by atoms with E-state index in [4.69, 9.17) is 0 Å². The minimum absolute atomic E-state index is 0.126. The standard InChI is InChI=1S/C24H21N3O4S/c1-16-6-5-7-18(14-16)27-21-9-4-3-8-20(21)26-22(24(27)29)23(28)25-15-17-10-12-19(13-11-17)32(2,30)31/h3-14H,15H2,1-2H3,(H,25,28). The Morgan fingerprint density at radius 2 is 1.72 bits per heavy atom. The minimum Gasteiger partial charge on any atom is -0.346 e. The third-order valence-corrected chi connectivity index (χ3v) is 6.17. The molecule has 4 aromatic rings. The van der Waals surface area contributed by atoms with Crippen LogP contribution in [0.15, 0.2) is 82.5 Å². The van der Waals surface area contributed by atoms with Gasteiger partial charge in [0.25, 0.3) is 11.5 Å². The van der Waals surface area contributed by atoms with Crippen LogP contribution in [0.2, 0.25) is 0 Å². The smallest absolute Gasteiger partial charge is 0.287 e. The number of benzene rings is 3. The first-order valence-corrected chi connectivity index (χ1v) is 11.8. The highest BCUT2D eigenvalue weighted by Gasteiger charge is 2.18. The SMILES string of the molecule is Cc1cccc(-n2c(=O)c(C(=O)NCc3ccc(S(C)(=O)=O)cc3)nc3ccccc32)c1. The number of para-hydroxylation sites is 2. The summed E-state index contributed by atoms with van der Waals surface area (Å²) in [6.45, 7) is 2.06. The summed E-state index contributed by atoms with van der Waals surface area (Å²) in [4.78, 5) is 30.7. The van der Waals surface area contributed by atoms with Gasteiger partial charge in [-0.25, -0.2) is 13.4 Å². The first-order chi connectivity index (χ1) is 15.2. The van der Waals surface area contributed by atoms with Crippen LogP contribution in [0.3, 0.4) is 0 Å². The van der Waals surface area contributed by atoms with Crippen molar-refractivity contribution in [3.05, 3.63) is 100.0 Å². The van der Waals surface area contributed by atoms with Gasteiger partial charge in [0, 0.05) is 18.5 Å². The van der Waals surface area contributed by atoms with Crippen LogP contribution in [0.25, 0.3) is 16.7 Å². The molecule has 1 aromatic heterocycles. The summed E-state index contributed by atoms with van der Waals surface area (Å²) in [6, 6.07) is 20.8. The van der Waals surface area contributed by atoms with Gasteiger partial charge in [-0.3, -0.25) is 14.2 Å². The van der Waals surface area contributed by atoms with Crippen molar-refractivity contribution in [2.24, 2.45) is 0 Å². The Bertz CT molecular complexity index is 1490. The summed E-state index contributed by atoms with van der Waals surface area (Å²) < 4.78 is 24.7. The van der Waals surface area contributed by atoms with E-state index in [0.29, 0.717) is 22.3 Å². The zero-order valence-electron chi connectivity index (χ0n) is 17.6. The molecule has 162 valence electrons. The van der Waals surface area contributed by atoms with E-state index in [1.54, 1.807) is 30.3 Å². The van der Waals surface area contributed by atoms with Crippen LogP contribution in [0.1, 0.15) is 21.6 Å². The van der Waals surface area contributed by atoms with Crippen molar-refractivity contribution in [2.45, 2.75) is 18.4 Å². The fourth-order valence-corrected chi connectivity index (χ4v) is 4.05. The molecule has 0 aliphatic carbocycles. The average Bonchev–Trinajstić information content (AvgIpc) is 2.76. The van der Waals surface area contributed by atoms with Crippen LogP contribution in [0, 0.1) is 6.92 Å². The quantitative estimate of drug-likeness (QED) is 0.507. The molecule has 0 bridgehead atoms. The number of carbonyl (C=O) groups is 1. The van der Waals surface area contributed by atoms with Crippen molar-refractivity contribution in [3.63, 3.8) is 0 Å². The molecule has 0 saturated carbocycles. The zero-order valence-corrected chi connectivity index (χ0v) is 18.4. The number of fused-ring (bicyclic) bond motifs is 1. The predicted octanol–water partition coefficient (Wildman–Crippen LogP) is 3.03. The number of hydrogen-bond donors (Lipinski definition) is 1. The number of nitrogens with zero attached hydrogens (tertiary/aromatic N) is 2. The molecule has 0 radical (unpaired) electrons. The monoisotopic (exact) mass is 447 g/mol. The number of aryl methyl sites for hydroxylation is 1. The van der Waals surface area contributed by atoms with Crippen LogP contribution < -0.4 is 10.9 Å². The average molecular weight is 448 g/mol. The largest absolute Gasteiger partial charge is 0.346 e. The van der Waals surface area contributed by atoms with E-state index in [1.165, 1.54) is 16.7 Å². The second-order valence-corrected chi connectivity index (χ2v) is 9.54. The van der Waals surface area contributed by atoms with Gasteiger partial charge < -0.3 is 5.32 Å². The number of aromatic nitrogens is 2. The van der Waals surface area contributed by atoms with Crippen molar-refractivity contribution < 1.29 is 13.2 Å². The number of rotatable bonds is 5. The first kappa shape index (κ1) is 21.5. The van der Waals surface area contributed by atoms with Gasteiger partial charge in [0.2, 0.25) is 0 Å². The lowest BCUT2D eigenvalue weighted by atomic mass is 10.2. The molecule has 3 aromatic carbocycles. The minimum atomic E-state index is -3.30. The van der Waals surface area contributed by atoms with Crippen molar-refractivity contribution >= 4 is 26.8 Å². The lowest BCUT2D eigenvalue weighted by Gasteiger charge is -2.13. The number of sulfone groups is 1. The molecular formula is C24H21N3O4S. The van der Waals surface area contributed by atoms with Crippen LogP contribution in [0.4, 0.5) is 0 Å². The highest BCUT2D eigenvalue weighted by Crippen LogP contribution is 2.17. The van der Waals surface area contributed by atoms with E-state index in [-0.39, 0.29) is 17.1 Å². The maximum absolute atomic E-state index is 13.3. The highest BCUT2D eigenvalue weighted by atomic mass is 32.2. The van der Waals surface area contributed by atoms with Gasteiger partial charge in [-0.15, -0.1) is 0 Å². The molecule has 0 aliphatic heterocycles. The van der Waals surface area contributed by atoms with Crippen molar-refractivity contribution in [2.75, 3.05) is 6.26 Å². The summed E-state index contributed by atoms with van der Waals surface area (Å²) in [7, 11) is -3.30. The number of hydrogen-bond acceptors (Lipinski definition) is 5. The molecule has 0 saturated heterocycles. The Morgan fingerprint density at radius 3 is 2.41 bits per heavy atom. The molecule has 32 heavy (non-hydrogen) atoms. The Labute approximate surface area is 185 Å². The van der Waals surface area contributed by atoms with Gasteiger partial charge in [-0.05, 0) is 54.4 Å². The summed E-state index contributed by atoms with van der Waals surface area (Å²) in [5, 5.41) is 2.70. The molecule has 0 unspecified atom stereocenters. The van der Waals surface area contributed by atoms with E-state index in [2.05, 4.69) is 10.3 Å². The molecule has 0 aliphatic rings. The molecule has 0 fully saturated rings. The number of amides is 1. The second kappa shape index (κ2) is 8.39. The van der Waals surface area contributed by atoms with Crippen LogP contribution in [0.5, 0.6) is 0 Å². The molecule has 1 amide bonds. The van der Waals surface area contributed by atoms with Gasteiger partial charge in [-0.1, -0.05) is 36.4 Å². The number of nitrogens with one attached hydrogen (secondary N) is 1. The Morgan fingerprint density at radius 1 is 1.00 bits per heavy atom. The van der Waals surface area contributed by atoms with Gasteiger partial charge in [-0.2, -0.15) is 0 Å². The lowest BCUT2D eigenvalue weighted by Crippen LogP contribution is -2.34. The zero-order chi connectivity index (χ0) is 22.9. The molecule has 8 heteroatoms. The highest BCUT2D eigenvalue weighted by molar-refractivity contribution is 7.90. The van der Waals surface area contributed by atoms with E-state index >= 15 is 0 Å². The van der Waals surface area contributed by atoms with Crippen molar-refractivity contribution in [3.8, 4) is 5.69 Å². The van der Waals surface area contributed by atoms with E-state index in [9.17, 15) is 18.0 Å². The molecule has 1 N–H and O–H groups in total.